The number of para-hydroxylation sites is 1. The minimum absolute atomic E-state index is 0.0819. The third kappa shape index (κ3) is 3.13. The molecule has 15 heavy (non-hydrogen) atoms. The molecule has 3 heteroatoms. The predicted octanol–water partition coefficient (Wildman–Crippen LogP) is 2.68. The van der Waals surface area contributed by atoms with E-state index in [1.807, 2.05) is 0 Å². The van der Waals surface area contributed by atoms with Gasteiger partial charge in [-0.05, 0) is 12.5 Å². The van der Waals surface area contributed by atoms with Crippen molar-refractivity contribution in [2.45, 2.75) is 38.6 Å². The molecular weight excluding hydrogens is 190 g/mol. The molecule has 1 rings (SSSR count). The molecule has 0 aromatic heterocycles. The molecule has 1 aromatic rings. The summed E-state index contributed by atoms with van der Waals surface area (Å²) in [5.41, 5.74) is 6.57. The van der Waals surface area contributed by atoms with Gasteiger partial charge in [-0.2, -0.15) is 0 Å². The fraction of sp³-hybridized carbons (Fsp3) is 0.500. The van der Waals surface area contributed by atoms with Crippen LogP contribution in [-0.2, 0) is 0 Å². The molecule has 0 unspecified atom stereocenters. The van der Waals surface area contributed by atoms with Crippen LogP contribution < -0.4 is 5.73 Å². The lowest BCUT2D eigenvalue weighted by Gasteiger charge is -2.13. The Hall–Kier alpha value is -1.22. The average Bonchev–Trinajstić information content (AvgIpc) is 2.22. The van der Waals surface area contributed by atoms with Gasteiger partial charge in [-0.25, -0.2) is 0 Å². The second-order valence-electron chi connectivity index (χ2n) is 3.82. The van der Waals surface area contributed by atoms with Gasteiger partial charge in [-0.3, -0.25) is 0 Å². The summed E-state index contributed by atoms with van der Waals surface area (Å²) in [6.45, 7) is 2.14. The van der Waals surface area contributed by atoms with Gasteiger partial charge in [0.25, 0.3) is 0 Å². The Morgan fingerprint density at radius 2 is 2.00 bits per heavy atom. The van der Waals surface area contributed by atoms with Crippen molar-refractivity contribution in [2.75, 3.05) is 0 Å². The molecule has 0 fully saturated rings. The number of nitrogens with two attached hydrogens (primary N) is 1. The molecule has 0 radical (unpaired) electrons. The summed E-state index contributed by atoms with van der Waals surface area (Å²) in [4.78, 5) is 0. The second-order valence-corrected chi connectivity index (χ2v) is 3.82. The summed E-state index contributed by atoms with van der Waals surface area (Å²) in [5.74, 6) is -0.181. The van der Waals surface area contributed by atoms with E-state index < -0.39 is 0 Å². The molecule has 0 saturated carbocycles. The predicted molar refractivity (Wildman–Crippen MR) is 60.8 cm³/mol. The number of unbranched alkanes of at least 4 members (excludes halogenated alkanes) is 2. The van der Waals surface area contributed by atoms with Gasteiger partial charge in [0.05, 0.1) is 0 Å². The minimum Gasteiger partial charge on any atom is -0.504 e. The summed E-state index contributed by atoms with van der Waals surface area (Å²) in [6.07, 6.45) is 4.18. The quantitative estimate of drug-likeness (QED) is 0.516. The van der Waals surface area contributed by atoms with Gasteiger partial charge in [0.2, 0.25) is 0 Å². The van der Waals surface area contributed by atoms with Crippen molar-refractivity contribution in [1.29, 1.82) is 0 Å². The third-order valence-corrected chi connectivity index (χ3v) is 2.56. The van der Waals surface area contributed by atoms with Crippen LogP contribution in [0.25, 0.3) is 0 Å². The number of rotatable bonds is 5. The van der Waals surface area contributed by atoms with Crippen LogP contribution >= 0.6 is 0 Å². The number of hydrogen-bond donors (Lipinski definition) is 3. The highest BCUT2D eigenvalue weighted by Crippen LogP contribution is 2.33. The van der Waals surface area contributed by atoms with E-state index in [9.17, 15) is 10.2 Å². The molecule has 0 spiro atoms. The monoisotopic (exact) mass is 209 g/mol. The zero-order chi connectivity index (χ0) is 11.3. The zero-order valence-electron chi connectivity index (χ0n) is 9.11. The van der Waals surface area contributed by atoms with Gasteiger partial charge >= 0.3 is 0 Å². The standard InChI is InChI=1S/C12H19NO2/c1-2-3-4-7-10(13)9-6-5-8-11(14)12(9)15/h5-6,8,10,14-15H,2-4,7,13H2,1H3/t10-/m0/s1. The fourth-order valence-corrected chi connectivity index (χ4v) is 1.62. The van der Waals surface area contributed by atoms with Gasteiger partial charge in [0.1, 0.15) is 0 Å². The first-order valence-corrected chi connectivity index (χ1v) is 5.43. The molecule has 84 valence electrons. The summed E-state index contributed by atoms with van der Waals surface area (Å²) in [6, 6.07) is 4.72. The van der Waals surface area contributed by atoms with E-state index in [1.54, 1.807) is 12.1 Å². The van der Waals surface area contributed by atoms with E-state index in [-0.39, 0.29) is 17.5 Å². The van der Waals surface area contributed by atoms with Crippen LogP contribution in [0.5, 0.6) is 11.5 Å². The van der Waals surface area contributed by atoms with E-state index in [4.69, 9.17) is 5.73 Å². The molecule has 0 saturated heterocycles. The number of phenols is 2. The highest BCUT2D eigenvalue weighted by Gasteiger charge is 2.12. The lowest BCUT2D eigenvalue weighted by Crippen LogP contribution is -2.10. The largest absolute Gasteiger partial charge is 0.504 e. The molecule has 0 aliphatic carbocycles. The number of benzene rings is 1. The summed E-state index contributed by atoms with van der Waals surface area (Å²) < 4.78 is 0. The molecule has 3 nitrogen and oxygen atoms in total. The second kappa shape index (κ2) is 5.61. The van der Waals surface area contributed by atoms with Crippen LogP contribution in [0.2, 0.25) is 0 Å². The van der Waals surface area contributed by atoms with Gasteiger partial charge < -0.3 is 15.9 Å². The van der Waals surface area contributed by atoms with Crippen LogP contribution in [0.15, 0.2) is 18.2 Å². The fourth-order valence-electron chi connectivity index (χ4n) is 1.62. The SMILES string of the molecule is CCCCC[C@H](N)c1cccc(O)c1O. The highest BCUT2D eigenvalue weighted by molar-refractivity contribution is 5.45. The Morgan fingerprint density at radius 3 is 2.67 bits per heavy atom. The Morgan fingerprint density at radius 1 is 1.27 bits per heavy atom. The first kappa shape index (κ1) is 11.9. The lowest BCUT2D eigenvalue weighted by atomic mass is 10.00. The first-order chi connectivity index (χ1) is 7.16. The van der Waals surface area contributed by atoms with Crippen LogP contribution in [-0.4, -0.2) is 10.2 Å². The zero-order valence-corrected chi connectivity index (χ0v) is 9.11. The Balaban J connectivity index is 2.65. The first-order valence-electron chi connectivity index (χ1n) is 5.43. The Bertz CT molecular complexity index is 312. The smallest absolute Gasteiger partial charge is 0.162 e. The van der Waals surface area contributed by atoms with E-state index in [0.717, 1.165) is 25.7 Å². The minimum atomic E-state index is -0.191. The topological polar surface area (TPSA) is 66.5 Å². The maximum Gasteiger partial charge on any atom is 0.162 e. The van der Waals surface area contributed by atoms with Gasteiger partial charge in [0, 0.05) is 11.6 Å². The molecule has 0 bridgehead atoms. The molecular formula is C12H19NO2. The van der Waals surface area contributed by atoms with Gasteiger partial charge in [-0.15, -0.1) is 0 Å². The molecule has 0 heterocycles. The van der Waals surface area contributed by atoms with Crippen LogP contribution in [0.4, 0.5) is 0 Å². The molecule has 0 aliphatic rings. The molecule has 4 N–H and O–H groups in total. The van der Waals surface area contributed by atoms with Gasteiger partial charge in [-0.1, -0.05) is 38.3 Å². The maximum atomic E-state index is 9.59. The molecule has 0 aliphatic heterocycles. The van der Waals surface area contributed by atoms with E-state index in [1.165, 1.54) is 6.07 Å². The van der Waals surface area contributed by atoms with Crippen LogP contribution in [0, 0.1) is 0 Å². The van der Waals surface area contributed by atoms with Crippen molar-refractivity contribution in [3.63, 3.8) is 0 Å². The Kier molecular flexibility index (Phi) is 4.43. The van der Waals surface area contributed by atoms with Crippen molar-refractivity contribution < 1.29 is 10.2 Å². The highest BCUT2D eigenvalue weighted by atomic mass is 16.3. The number of aromatic hydroxyl groups is 2. The van der Waals surface area contributed by atoms with Crippen molar-refractivity contribution in [1.82, 2.24) is 0 Å². The normalized spacial score (nSPS) is 12.7. The van der Waals surface area contributed by atoms with Crippen LogP contribution in [0.3, 0.4) is 0 Å². The van der Waals surface area contributed by atoms with Crippen molar-refractivity contribution in [3.8, 4) is 11.5 Å². The van der Waals surface area contributed by atoms with E-state index >= 15 is 0 Å². The molecule has 0 amide bonds. The number of phenolic OH excluding ortho intramolecular Hbond substituents is 2. The summed E-state index contributed by atoms with van der Waals surface area (Å²) in [5, 5.41) is 18.9. The van der Waals surface area contributed by atoms with Crippen molar-refractivity contribution in [3.05, 3.63) is 23.8 Å². The maximum absolute atomic E-state index is 9.59. The third-order valence-electron chi connectivity index (χ3n) is 2.56. The van der Waals surface area contributed by atoms with Crippen molar-refractivity contribution >= 4 is 0 Å². The van der Waals surface area contributed by atoms with Crippen LogP contribution in [0.1, 0.15) is 44.2 Å². The van der Waals surface area contributed by atoms with E-state index in [0.29, 0.717) is 5.56 Å². The van der Waals surface area contributed by atoms with E-state index in [2.05, 4.69) is 6.92 Å². The summed E-state index contributed by atoms with van der Waals surface area (Å²) >= 11 is 0. The van der Waals surface area contributed by atoms with Crippen molar-refractivity contribution in [2.24, 2.45) is 5.73 Å². The average molecular weight is 209 g/mol. The lowest BCUT2D eigenvalue weighted by molar-refractivity contribution is 0.394. The van der Waals surface area contributed by atoms with Gasteiger partial charge in [0.15, 0.2) is 11.5 Å². The summed E-state index contributed by atoms with van der Waals surface area (Å²) in [7, 11) is 0. The number of hydrogen-bond acceptors (Lipinski definition) is 3. The molecule has 1 atom stereocenters. The molecule has 1 aromatic carbocycles. The Labute approximate surface area is 90.5 Å².